The van der Waals surface area contributed by atoms with Crippen LogP contribution in [0.2, 0.25) is 0 Å². The molecule has 2 saturated heterocycles. The molecule has 30 heavy (non-hydrogen) atoms. The number of carbonyl (C=O) groups excluding carboxylic acids is 1. The van der Waals surface area contributed by atoms with Gasteiger partial charge in [0.1, 0.15) is 11.5 Å². The molecule has 6 heteroatoms. The van der Waals surface area contributed by atoms with Gasteiger partial charge in [0.15, 0.2) is 5.60 Å². The molecule has 1 amide bonds. The highest BCUT2D eigenvalue weighted by Gasteiger charge is 2.47. The summed E-state index contributed by atoms with van der Waals surface area (Å²) in [5.74, 6) is 1.71. The van der Waals surface area contributed by atoms with Crippen LogP contribution >= 0.6 is 0 Å². The van der Waals surface area contributed by atoms with E-state index in [2.05, 4.69) is 4.90 Å². The lowest BCUT2D eigenvalue weighted by atomic mass is 9.93. The van der Waals surface area contributed by atoms with Gasteiger partial charge in [-0.3, -0.25) is 9.69 Å². The van der Waals surface area contributed by atoms with Crippen molar-refractivity contribution in [1.29, 1.82) is 0 Å². The lowest BCUT2D eigenvalue weighted by Gasteiger charge is -2.42. The number of hydrogen-bond donors (Lipinski definition) is 0. The zero-order valence-corrected chi connectivity index (χ0v) is 17.8. The van der Waals surface area contributed by atoms with Crippen LogP contribution in [-0.4, -0.2) is 56.9 Å². The fourth-order valence-electron chi connectivity index (χ4n) is 4.51. The van der Waals surface area contributed by atoms with Crippen molar-refractivity contribution in [3.63, 3.8) is 0 Å². The Kier molecular flexibility index (Phi) is 6.25. The Hall–Kier alpha value is -2.57. The number of anilines is 1. The van der Waals surface area contributed by atoms with Gasteiger partial charge in [-0.05, 0) is 49.6 Å². The van der Waals surface area contributed by atoms with E-state index in [4.69, 9.17) is 14.2 Å². The maximum atomic E-state index is 13.7. The van der Waals surface area contributed by atoms with Crippen LogP contribution < -0.4 is 14.4 Å². The number of methoxy groups -OCH3 is 2. The zero-order chi connectivity index (χ0) is 21.0. The van der Waals surface area contributed by atoms with E-state index in [1.807, 2.05) is 53.4 Å². The summed E-state index contributed by atoms with van der Waals surface area (Å²) in [6.07, 6.45) is 2.71. The molecule has 1 atom stereocenters. The van der Waals surface area contributed by atoms with E-state index in [1.54, 1.807) is 14.2 Å². The molecule has 2 heterocycles. The predicted octanol–water partition coefficient (Wildman–Crippen LogP) is 3.49. The third-order valence-electron chi connectivity index (χ3n) is 6.06. The van der Waals surface area contributed by atoms with Crippen LogP contribution in [0.1, 0.15) is 24.8 Å². The van der Waals surface area contributed by atoms with Crippen LogP contribution in [0.25, 0.3) is 0 Å². The Bertz CT molecular complexity index is 873. The van der Waals surface area contributed by atoms with E-state index >= 15 is 0 Å². The summed E-state index contributed by atoms with van der Waals surface area (Å²) < 4.78 is 17.2. The van der Waals surface area contributed by atoms with E-state index in [1.165, 1.54) is 0 Å². The smallest absolute Gasteiger partial charge is 0.260 e. The maximum Gasteiger partial charge on any atom is 0.260 e. The lowest BCUT2D eigenvalue weighted by Crippen LogP contribution is -2.59. The van der Waals surface area contributed by atoms with Gasteiger partial charge in [0.25, 0.3) is 5.91 Å². The number of para-hydroxylation sites is 1. The highest BCUT2D eigenvalue weighted by atomic mass is 16.5. The number of nitrogens with zero attached hydrogens (tertiary/aromatic N) is 2. The summed E-state index contributed by atoms with van der Waals surface area (Å²) >= 11 is 0. The van der Waals surface area contributed by atoms with Gasteiger partial charge in [-0.25, -0.2) is 0 Å². The van der Waals surface area contributed by atoms with Crippen LogP contribution in [0, 0.1) is 0 Å². The van der Waals surface area contributed by atoms with Crippen LogP contribution in [0.5, 0.6) is 11.5 Å². The number of hydrogen-bond acceptors (Lipinski definition) is 5. The Balaban J connectivity index is 1.57. The second kappa shape index (κ2) is 9.06. The Labute approximate surface area is 178 Å². The van der Waals surface area contributed by atoms with Crippen molar-refractivity contribution in [1.82, 2.24) is 4.90 Å². The van der Waals surface area contributed by atoms with Crippen molar-refractivity contribution in [2.75, 3.05) is 45.4 Å². The first-order valence-electron chi connectivity index (χ1n) is 10.6. The van der Waals surface area contributed by atoms with E-state index in [9.17, 15) is 4.79 Å². The number of morpholine rings is 1. The number of carbonyl (C=O) groups is 1. The second-order valence-electron chi connectivity index (χ2n) is 7.98. The molecule has 2 aliphatic heterocycles. The molecule has 1 spiro atoms. The predicted molar refractivity (Wildman–Crippen MR) is 116 cm³/mol. The van der Waals surface area contributed by atoms with Gasteiger partial charge in [-0.2, -0.15) is 0 Å². The average Bonchev–Trinajstić information content (AvgIpc) is 2.93. The molecule has 0 N–H and O–H groups in total. The van der Waals surface area contributed by atoms with Crippen LogP contribution in [-0.2, 0) is 16.1 Å². The molecule has 160 valence electrons. The standard InChI is InChI=1S/C24H30N2O4/c1-28-21-10-11-22(29-2)19(16-21)17-25-14-15-30-24(18-25)12-6-7-13-26(23(24)27)20-8-4-3-5-9-20/h3-5,8-11,16H,6-7,12-15,17-18H2,1-2H3. The van der Waals surface area contributed by atoms with E-state index in [-0.39, 0.29) is 5.91 Å². The van der Waals surface area contributed by atoms with Gasteiger partial charge in [0.2, 0.25) is 0 Å². The van der Waals surface area contributed by atoms with Gasteiger partial charge in [-0.1, -0.05) is 18.2 Å². The summed E-state index contributed by atoms with van der Waals surface area (Å²) in [5.41, 5.74) is 1.20. The second-order valence-corrected chi connectivity index (χ2v) is 7.98. The number of benzene rings is 2. The van der Waals surface area contributed by atoms with Crippen LogP contribution in [0.4, 0.5) is 5.69 Å². The summed E-state index contributed by atoms with van der Waals surface area (Å²) in [6, 6.07) is 15.8. The molecular weight excluding hydrogens is 380 g/mol. The molecule has 2 fully saturated rings. The van der Waals surface area contributed by atoms with Crippen molar-refractivity contribution < 1.29 is 19.0 Å². The molecule has 0 radical (unpaired) electrons. The van der Waals surface area contributed by atoms with E-state index < -0.39 is 5.60 Å². The van der Waals surface area contributed by atoms with Crippen molar-refractivity contribution in [2.45, 2.75) is 31.4 Å². The Morgan fingerprint density at radius 1 is 1.03 bits per heavy atom. The quantitative estimate of drug-likeness (QED) is 0.755. The number of ether oxygens (including phenoxy) is 3. The maximum absolute atomic E-state index is 13.7. The summed E-state index contributed by atoms with van der Waals surface area (Å²) in [5, 5.41) is 0. The molecule has 2 aromatic carbocycles. The topological polar surface area (TPSA) is 51.2 Å². The van der Waals surface area contributed by atoms with Crippen molar-refractivity contribution in [2.24, 2.45) is 0 Å². The van der Waals surface area contributed by atoms with E-state index in [0.29, 0.717) is 19.7 Å². The van der Waals surface area contributed by atoms with Gasteiger partial charge in [-0.15, -0.1) is 0 Å². The van der Waals surface area contributed by atoms with E-state index in [0.717, 1.165) is 55.1 Å². The number of rotatable bonds is 5. The largest absolute Gasteiger partial charge is 0.497 e. The molecule has 1 unspecified atom stereocenters. The molecule has 2 aromatic rings. The Morgan fingerprint density at radius 3 is 2.63 bits per heavy atom. The molecule has 0 bridgehead atoms. The summed E-state index contributed by atoms with van der Waals surface area (Å²) in [7, 11) is 3.34. The molecular formula is C24H30N2O4. The monoisotopic (exact) mass is 410 g/mol. The van der Waals surface area contributed by atoms with Crippen molar-refractivity contribution in [3.05, 3.63) is 54.1 Å². The minimum atomic E-state index is -0.795. The van der Waals surface area contributed by atoms with Gasteiger partial charge in [0.05, 0.1) is 20.8 Å². The van der Waals surface area contributed by atoms with Crippen molar-refractivity contribution in [3.8, 4) is 11.5 Å². The highest BCUT2D eigenvalue weighted by molar-refractivity contribution is 6.00. The van der Waals surface area contributed by atoms with Crippen LogP contribution in [0.15, 0.2) is 48.5 Å². The van der Waals surface area contributed by atoms with Gasteiger partial charge >= 0.3 is 0 Å². The summed E-state index contributed by atoms with van der Waals surface area (Å²) in [4.78, 5) is 17.9. The first-order chi connectivity index (χ1) is 14.6. The minimum absolute atomic E-state index is 0.0773. The minimum Gasteiger partial charge on any atom is -0.497 e. The molecule has 2 aliphatic rings. The molecule has 0 aromatic heterocycles. The third kappa shape index (κ3) is 4.16. The number of amides is 1. The lowest BCUT2D eigenvalue weighted by molar-refractivity contribution is -0.158. The fourth-order valence-corrected chi connectivity index (χ4v) is 4.51. The SMILES string of the molecule is COc1ccc(OC)c(CN2CCOC3(CCCCN(c4ccccc4)C3=O)C2)c1. The van der Waals surface area contributed by atoms with Gasteiger partial charge in [0, 0.05) is 37.4 Å². The van der Waals surface area contributed by atoms with Gasteiger partial charge < -0.3 is 19.1 Å². The molecule has 6 nitrogen and oxygen atoms in total. The molecule has 0 saturated carbocycles. The Morgan fingerprint density at radius 2 is 1.87 bits per heavy atom. The third-order valence-corrected chi connectivity index (χ3v) is 6.06. The summed E-state index contributed by atoms with van der Waals surface area (Å²) in [6.45, 7) is 3.32. The van der Waals surface area contributed by atoms with Crippen molar-refractivity contribution >= 4 is 11.6 Å². The average molecular weight is 411 g/mol. The zero-order valence-electron chi connectivity index (χ0n) is 17.8. The normalized spacial score (nSPS) is 22.7. The molecule has 4 rings (SSSR count). The highest BCUT2D eigenvalue weighted by Crippen LogP contribution is 2.34. The molecule has 0 aliphatic carbocycles. The first kappa shape index (κ1) is 20.7. The fraction of sp³-hybridized carbons (Fsp3) is 0.458. The van der Waals surface area contributed by atoms with Crippen LogP contribution in [0.3, 0.4) is 0 Å². The first-order valence-corrected chi connectivity index (χ1v) is 10.6.